The Hall–Kier alpha value is -1.13. The van der Waals surface area contributed by atoms with Gasteiger partial charge >= 0.3 is 0 Å². The minimum atomic E-state index is 0.325. The smallest absolute Gasteiger partial charge is 0.0797 e. The zero-order valence-corrected chi connectivity index (χ0v) is 11.2. The van der Waals surface area contributed by atoms with Crippen molar-refractivity contribution in [3.05, 3.63) is 40.3 Å². The standard InChI is InChI=1S/C13H19N3S/c1-3-6-14-13(9-11-5-8-17-10-11)12-4-7-16(2)15-12/h4-5,7-8,10,13-14H,3,6,9H2,1-2H3. The second kappa shape index (κ2) is 5.98. The molecule has 2 heterocycles. The van der Waals surface area contributed by atoms with E-state index in [1.807, 2.05) is 17.9 Å². The number of thiophene rings is 1. The minimum absolute atomic E-state index is 0.325. The van der Waals surface area contributed by atoms with Gasteiger partial charge in [-0.25, -0.2) is 0 Å². The fourth-order valence-electron chi connectivity index (χ4n) is 1.86. The van der Waals surface area contributed by atoms with Crippen molar-refractivity contribution in [2.45, 2.75) is 25.8 Å². The average molecular weight is 249 g/mol. The molecule has 0 bridgehead atoms. The van der Waals surface area contributed by atoms with E-state index in [2.05, 4.69) is 40.2 Å². The van der Waals surface area contributed by atoms with E-state index >= 15 is 0 Å². The van der Waals surface area contributed by atoms with Crippen LogP contribution in [-0.4, -0.2) is 16.3 Å². The molecule has 0 fully saturated rings. The molecule has 0 spiro atoms. The molecule has 1 atom stereocenters. The fourth-order valence-corrected chi connectivity index (χ4v) is 2.54. The van der Waals surface area contributed by atoms with Gasteiger partial charge in [-0.2, -0.15) is 16.4 Å². The SMILES string of the molecule is CCCNC(Cc1ccsc1)c1ccn(C)n1. The number of hydrogen-bond donors (Lipinski definition) is 1. The first-order chi connectivity index (χ1) is 8.29. The Labute approximate surface area is 106 Å². The lowest BCUT2D eigenvalue weighted by Crippen LogP contribution is -2.24. The van der Waals surface area contributed by atoms with Crippen LogP contribution in [0.1, 0.15) is 30.6 Å². The van der Waals surface area contributed by atoms with Crippen molar-refractivity contribution in [1.29, 1.82) is 0 Å². The summed E-state index contributed by atoms with van der Waals surface area (Å²) in [6.07, 6.45) is 4.16. The van der Waals surface area contributed by atoms with Crippen molar-refractivity contribution in [3.8, 4) is 0 Å². The lowest BCUT2D eigenvalue weighted by atomic mass is 10.1. The maximum Gasteiger partial charge on any atom is 0.0797 e. The maximum atomic E-state index is 4.50. The Bertz CT molecular complexity index is 433. The van der Waals surface area contributed by atoms with Gasteiger partial charge in [0.25, 0.3) is 0 Å². The molecular weight excluding hydrogens is 230 g/mol. The van der Waals surface area contributed by atoms with Gasteiger partial charge in [-0.15, -0.1) is 0 Å². The second-order valence-corrected chi connectivity index (χ2v) is 5.04. The highest BCUT2D eigenvalue weighted by Crippen LogP contribution is 2.18. The average Bonchev–Trinajstić information content (AvgIpc) is 2.95. The van der Waals surface area contributed by atoms with Crippen molar-refractivity contribution < 1.29 is 0 Å². The monoisotopic (exact) mass is 249 g/mol. The molecule has 0 amide bonds. The summed E-state index contributed by atoms with van der Waals surface area (Å²) in [6, 6.07) is 4.61. The summed E-state index contributed by atoms with van der Waals surface area (Å²) < 4.78 is 1.86. The first-order valence-corrected chi connectivity index (χ1v) is 6.98. The van der Waals surface area contributed by atoms with Crippen LogP contribution in [0.15, 0.2) is 29.1 Å². The van der Waals surface area contributed by atoms with Crippen LogP contribution < -0.4 is 5.32 Å². The number of aromatic nitrogens is 2. The van der Waals surface area contributed by atoms with Crippen molar-refractivity contribution in [1.82, 2.24) is 15.1 Å². The molecule has 2 aromatic heterocycles. The molecule has 0 saturated heterocycles. The summed E-state index contributed by atoms with van der Waals surface area (Å²) in [7, 11) is 1.96. The molecule has 1 N–H and O–H groups in total. The molecule has 0 aliphatic heterocycles. The molecule has 0 aliphatic rings. The Balaban J connectivity index is 2.07. The number of rotatable bonds is 6. The third-order valence-electron chi connectivity index (χ3n) is 2.75. The van der Waals surface area contributed by atoms with Crippen LogP contribution in [0, 0.1) is 0 Å². The van der Waals surface area contributed by atoms with Gasteiger partial charge in [0.05, 0.1) is 11.7 Å². The molecule has 2 rings (SSSR count). The van der Waals surface area contributed by atoms with E-state index in [4.69, 9.17) is 0 Å². The predicted octanol–water partition coefficient (Wildman–Crippen LogP) is 2.77. The van der Waals surface area contributed by atoms with Crippen LogP contribution >= 0.6 is 11.3 Å². The number of nitrogens with zero attached hydrogens (tertiary/aromatic N) is 2. The maximum absolute atomic E-state index is 4.50. The minimum Gasteiger partial charge on any atom is -0.308 e. The Morgan fingerprint density at radius 2 is 2.35 bits per heavy atom. The van der Waals surface area contributed by atoms with Gasteiger partial charge in [0.2, 0.25) is 0 Å². The van der Waals surface area contributed by atoms with Gasteiger partial charge in [-0.05, 0) is 47.8 Å². The van der Waals surface area contributed by atoms with Crippen molar-refractivity contribution in [3.63, 3.8) is 0 Å². The molecule has 0 radical (unpaired) electrons. The number of hydrogen-bond acceptors (Lipinski definition) is 3. The first-order valence-electron chi connectivity index (χ1n) is 6.03. The van der Waals surface area contributed by atoms with E-state index in [1.54, 1.807) is 11.3 Å². The molecule has 1 unspecified atom stereocenters. The second-order valence-electron chi connectivity index (χ2n) is 4.26. The zero-order valence-electron chi connectivity index (χ0n) is 10.4. The van der Waals surface area contributed by atoms with Gasteiger partial charge in [-0.3, -0.25) is 4.68 Å². The lowest BCUT2D eigenvalue weighted by molar-refractivity contribution is 0.511. The predicted molar refractivity (Wildman–Crippen MR) is 72.3 cm³/mol. The van der Waals surface area contributed by atoms with Crippen molar-refractivity contribution in [2.75, 3.05) is 6.54 Å². The highest BCUT2D eigenvalue weighted by Gasteiger charge is 2.14. The summed E-state index contributed by atoms with van der Waals surface area (Å²) in [5.41, 5.74) is 2.52. The normalized spacial score (nSPS) is 12.8. The van der Waals surface area contributed by atoms with Crippen LogP contribution in [0.3, 0.4) is 0 Å². The van der Waals surface area contributed by atoms with Crippen LogP contribution in [0.2, 0.25) is 0 Å². The molecule has 0 aromatic carbocycles. The fraction of sp³-hybridized carbons (Fsp3) is 0.462. The van der Waals surface area contributed by atoms with E-state index in [-0.39, 0.29) is 0 Å². The summed E-state index contributed by atoms with van der Waals surface area (Å²) >= 11 is 1.75. The van der Waals surface area contributed by atoms with Gasteiger partial charge in [0.15, 0.2) is 0 Å². The molecule has 92 valence electrons. The Kier molecular flexibility index (Phi) is 4.34. The molecule has 2 aromatic rings. The largest absolute Gasteiger partial charge is 0.308 e. The Morgan fingerprint density at radius 3 is 2.94 bits per heavy atom. The lowest BCUT2D eigenvalue weighted by Gasteiger charge is -2.15. The van der Waals surface area contributed by atoms with E-state index in [9.17, 15) is 0 Å². The van der Waals surface area contributed by atoms with Gasteiger partial charge in [-0.1, -0.05) is 6.92 Å². The Morgan fingerprint density at radius 1 is 1.47 bits per heavy atom. The zero-order chi connectivity index (χ0) is 12.1. The van der Waals surface area contributed by atoms with E-state index < -0.39 is 0 Å². The number of nitrogens with one attached hydrogen (secondary N) is 1. The molecule has 0 saturated carbocycles. The quantitative estimate of drug-likeness (QED) is 0.853. The van der Waals surface area contributed by atoms with E-state index in [1.165, 1.54) is 5.56 Å². The van der Waals surface area contributed by atoms with Gasteiger partial charge in [0.1, 0.15) is 0 Å². The van der Waals surface area contributed by atoms with Gasteiger partial charge in [0, 0.05) is 13.2 Å². The molecule has 3 nitrogen and oxygen atoms in total. The van der Waals surface area contributed by atoms with E-state index in [0.717, 1.165) is 25.1 Å². The summed E-state index contributed by atoms with van der Waals surface area (Å²) in [4.78, 5) is 0. The van der Waals surface area contributed by atoms with E-state index in [0.29, 0.717) is 6.04 Å². The van der Waals surface area contributed by atoms with Crippen LogP contribution in [0.4, 0.5) is 0 Å². The third kappa shape index (κ3) is 3.41. The third-order valence-corrected chi connectivity index (χ3v) is 3.48. The molecular formula is C13H19N3S. The highest BCUT2D eigenvalue weighted by molar-refractivity contribution is 7.07. The molecule has 0 aliphatic carbocycles. The van der Waals surface area contributed by atoms with Crippen LogP contribution in [0.5, 0.6) is 0 Å². The molecule has 4 heteroatoms. The summed E-state index contributed by atoms with van der Waals surface area (Å²) in [6.45, 7) is 3.22. The first kappa shape index (κ1) is 12.3. The summed E-state index contributed by atoms with van der Waals surface area (Å²) in [5, 5.41) is 12.4. The molecule has 17 heavy (non-hydrogen) atoms. The summed E-state index contributed by atoms with van der Waals surface area (Å²) in [5.74, 6) is 0. The number of aryl methyl sites for hydroxylation is 1. The van der Waals surface area contributed by atoms with Gasteiger partial charge < -0.3 is 5.32 Å². The van der Waals surface area contributed by atoms with Crippen molar-refractivity contribution >= 4 is 11.3 Å². The van der Waals surface area contributed by atoms with Crippen LogP contribution in [-0.2, 0) is 13.5 Å². The highest BCUT2D eigenvalue weighted by atomic mass is 32.1. The topological polar surface area (TPSA) is 29.9 Å². The van der Waals surface area contributed by atoms with Crippen LogP contribution in [0.25, 0.3) is 0 Å². The van der Waals surface area contributed by atoms with Crippen molar-refractivity contribution in [2.24, 2.45) is 7.05 Å².